The molecule has 2 atom stereocenters. The van der Waals surface area contributed by atoms with Gasteiger partial charge in [-0.15, -0.1) is 0 Å². The molecule has 0 saturated carbocycles. The van der Waals surface area contributed by atoms with Crippen LogP contribution in [0.3, 0.4) is 0 Å². The van der Waals surface area contributed by atoms with E-state index in [-0.39, 0.29) is 28.7 Å². The fraction of sp³-hybridized carbons (Fsp3) is 0.296. The molecule has 178 valence electrons. The predicted molar refractivity (Wildman–Crippen MR) is 133 cm³/mol. The Labute approximate surface area is 201 Å². The van der Waals surface area contributed by atoms with Crippen LogP contribution in [0.15, 0.2) is 89.8 Å². The molecular weight excluding hydrogens is 446 g/mol. The van der Waals surface area contributed by atoms with Crippen molar-refractivity contribution in [1.82, 2.24) is 10.0 Å². The molecule has 7 heteroatoms. The van der Waals surface area contributed by atoms with E-state index in [4.69, 9.17) is 0 Å². The monoisotopic (exact) mass is 478 g/mol. The number of hydrogen-bond acceptors (Lipinski definition) is 3. The van der Waals surface area contributed by atoms with Gasteiger partial charge >= 0.3 is 0 Å². The Morgan fingerprint density at radius 3 is 2.09 bits per heavy atom. The van der Waals surface area contributed by atoms with Crippen molar-refractivity contribution in [3.63, 3.8) is 0 Å². The van der Waals surface area contributed by atoms with Gasteiger partial charge in [-0.05, 0) is 36.6 Å². The lowest BCUT2D eigenvalue weighted by Gasteiger charge is -2.28. The van der Waals surface area contributed by atoms with Gasteiger partial charge < -0.3 is 10.6 Å². The van der Waals surface area contributed by atoms with Crippen LogP contribution in [0.2, 0.25) is 0 Å². The largest absolute Gasteiger partial charge is 0.355 e. The number of carbonyl (C=O) groups is 1. The lowest BCUT2D eigenvalue weighted by atomic mass is 9.90. The highest BCUT2D eigenvalue weighted by Crippen LogP contribution is 2.24. The van der Waals surface area contributed by atoms with Crippen LogP contribution in [-0.2, 0) is 14.8 Å². The summed E-state index contributed by atoms with van der Waals surface area (Å²) in [5.41, 5.74) is 3.30. The van der Waals surface area contributed by atoms with Gasteiger partial charge in [-0.1, -0.05) is 78.4 Å². The number of amides is 1. The van der Waals surface area contributed by atoms with E-state index in [0.717, 1.165) is 16.7 Å². The molecule has 1 heterocycles. The smallest absolute Gasteiger partial charge is 0.241 e. The molecule has 1 amide bonds. The topological polar surface area (TPSA) is 91.9 Å². The van der Waals surface area contributed by atoms with Crippen molar-refractivity contribution in [2.45, 2.75) is 30.2 Å². The Hall–Kier alpha value is -3.00. The van der Waals surface area contributed by atoms with Crippen LogP contribution in [-0.4, -0.2) is 40.0 Å². The number of piperidine rings is 1. The Morgan fingerprint density at radius 2 is 1.50 bits per heavy atom. The number of nitrogens with one attached hydrogen (secondary N) is 2. The van der Waals surface area contributed by atoms with Gasteiger partial charge in [0, 0.05) is 12.5 Å². The summed E-state index contributed by atoms with van der Waals surface area (Å²) in [5, 5.41) is 5.15. The number of nitrogens with two attached hydrogens (primary N) is 1. The van der Waals surface area contributed by atoms with Gasteiger partial charge in [-0.3, -0.25) is 4.79 Å². The summed E-state index contributed by atoms with van der Waals surface area (Å²) in [6, 6.07) is 26.8. The molecule has 3 aromatic rings. The van der Waals surface area contributed by atoms with E-state index in [1.807, 2.05) is 48.6 Å². The first-order chi connectivity index (χ1) is 16.4. The van der Waals surface area contributed by atoms with Crippen LogP contribution in [0, 0.1) is 12.8 Å². The summed E-state index contributed by atoms with van der Waals surface area (Å²) in [6.07, 6.45) is 0.481. The summed E-state index contributed by atoms with van der Waals surface area (Å²) < 4.78 is 28.4. The molecule has 0 unspecified atom stereocenters. The van der Waals surface area contributed by atoms with Crippen molar-refractivity contribution in [2.75, 3.05) is 19.6 Å². The molecule has 1 aliphatic heterocycles. The first-order valence-electron chi connectivity index (χ1n) is 11.7. The van der Waals surface area contributed by atoms with Crippen LogP contribution in [0.1, 0.15) is 29.0 Å². The van der Waals surface area contributed by atoms with E-state index < -0.39 is 10.0 Å². The van der Waals surface area contributed by atoms with Crippen molar-refractivity contribution in [1.29, 1.82) is 0 Å². The number of sulfonamides is 1. The molecule has 4 rings (SSSR count). The quantitative estimate of drug-likeness (QED) is 0.463. The molecule has 34 heavy (non-hydrogen) atoms. The number of carbonyl (C=O) groups excluding carboxylic acids is 1. The third-order valence-corrected chi connectivity index (χ3v) is 7.92. The molecule has 6 nitrogen and oxygen atoms in total. The minimum absolute atomic E-state index is 0.0349. The summed E-state index contributed by atoms with van der Waals surface area (Å²) in [7, 11) is -3.63. The highest BCUT2D eigenvalue weighted by atomic mass is 32.2. The zero-order valence-electron chi connectivity index (χ0n) is 19.4. The van der Waals surface area contributed by atoms with Crippen molar-refractivity contribution in [2.24, 2.45) is 5.92 Å². The van der Waals surface area contributed by atoms with Crippen LogP contribution in [0.25, 0.3) is 0 Å². The van der Waals surface area contributed by atoms with E-state index in [1.165, 1.54) is 0 Å². The Bertz CT molecular complexity index is 1140. The van der Waals surface area contributed by atoms with Crippen LogP contribution in [0.5, 0.6) is 0 Å². The van der Waals surface area contributed by atoms with E-state index in [0.29, 0.717) is 26.1 Å². The number of quaternary nitrogens is 1. The van der Waals surface area contributed by atoms with Gasteiger partial charge in [0.15, 0.2) is 0 Å². The average Bonchev–Trinajstić information content (AvgIpc) is 2.85. The lowest BCUT2D eigenvalue weighted by Crippen LogP contribution is -2.91. The second-order valence-electron chi connectivity index (χ2n) is 8.94. The first-order valence-corrected chi connectivity index (χ1v) is 13.2. The molecule has 1 fully saturated rings. The van der Waals surface area contributed by atoms with Gasteiger partial charge in [0.25, 0.3) is 0 Å². The summed E-state index contributed by atoms with van der Waals surface area (Å²) in [4.78, 5) is 13.3. The fourth-order valence-electron chi connectivity index (χ4n) is 4.50. The van der Waals surface area contributed by atoms with Crippen LogP contribution < -0.4 is 15.4 Å². The fourth-order valence-corrected chi connectivity index (χ4v) is 5.76. The van der Waals surface area contributed by atoms with Gasteiger partial charge in [0.2, 0.25) is 15.9 Å². The zero-order chi connectivity index (χ0) is 24.0. The molecule has 4 N–H and O–H groups in total. The van der Waals surface area contributed by atoms with Gasteiger partial charge in [-0.25, -0.2) is 13.1 Å². The maximum atomic E-state index is 13.1. The Balaban J connectivity index is 1.39. The average molecular weight is 479 g/mol. The highest BCUT2D eigenvalue weighted by molar-refractivity contribution is 7.89. The second-order valence-corrected chi connectivity index (χ2v) is 10.7. The number of aryl methyl sites for hydroxylation is 1. The highest BCUT2D eigenvalue weighted by Gasteiger charge is 2.33. The lowest BCUT2D eigenvalue weighted by molar-refractivity contribution is -0.668. The van der Waals surface area contributed by atoms with Crippen LogP contribution in [0.4, 0.5) is 0 Å². The molecule has 0 aromatic heterocycles. The van der Waals surface area contributed by atoms with Crippen molar-refractivity contribution >= 4 is 15.9 Å². The SMILES string of the molecule is Cc1ccc(S(=O)(=O)N[C@H]2C[NH2+]C[C@@H](C(=O)NCC(c3ccccc3)c3ccccc3)C2)cc1. The Kier molecular flexibility index (Phi) is 7.77. The van der Waals surface area contributed by atoms with Gasteiger partial charge in [0.1, 0.15) is 0 Å². The van der Waals surface area contributed by atoms with E-state index in [2.05, 4.69) is 34.3 Å². The number of benzene rings is 3. The molecule has 0 radical (unpaired) electrons. The third kappa shape index (κ3) is 6.11. The summed E-state index contributed by atoms with van der Waals surface area (Å²) >= 11 is 0. The van der Waals surface area contributed by atoms with Crippen molar-refractivity contribution < 1.29 is 18.5 Å². The summed E-state index contributed by atoms with van der Waals surface area (Å²) in [5.74, 6) is -0.242. The molecular formula is C27H32N3O3S+. The summed E-state index contributed by atoms with van der Waals surface area (Å²) in [6.45, 7) is 3.67. The maximum absolute atomic E-state index is 13.1. The molecule has 0 bridgehead atoms. The standard InChI is InChI=1S/C27H31N3O3S/c1-20-12-14-25(15-13-20)34(32,33)30-24-16-23(17-28-18-24)27(31)29-19-26(21-8-4-2-5-9-21)22-10-6-3-7-11-22/h2-15,23-24,26,28,30H,16-19H2,1H3,(H,29,31)/p+1/t23-,24+/m0/s1. The predicted octanol–water partition coefficient (Wildman–Crippen LogP) is 2.17. The van der Waals surface area contributed by atoms with E-state index in [1.54, 1.807) is 24.3 Å². The van der Waals surface area contributed by atoms with E-state index >= 15 is 0 Å². The van der Waals surface area contributed by atoms with Crippen LogP contribution >= 0.6 is 0 Å². The third-order valence-electron chi connectivity index (χ3n) is 6.38. The first kappa shape index (κ1) is 24.1. The van der Waals surface area contributed by atoms with Gasteiger partial charge in [-0.2, -0.15) is 0 Å². The molecule has 1 aliphatic rings. The zero-order valence-corrected chi connectivity index (χ0v) is 20.2. The number of rotatable bonds is 8. The Morgan fingerprint density at radius 1 is 0.912 bits per heavy atom. The second kappa shape index (κ2) is 11.0. The normalized spacial score (nSPS) is 18.5. The minimum atomic E-state index is -3.63. The van der Waals surface area contributed by atoms with Gasteiger partial charge in [0.05, 0.1) is 29.9 Å². The molecule has 1 saturated heterocycles. The number of hydrogen-bond donors (Lipinski definition) is 3. The molecule has 3 aromatic carbocycles. The molecule has 0 aliphatic carbocycles. The minimum Gasteiger partial charge on any atom is -0.355 e. The van der Waals surface area contributed by atoms with Crippen molar-refractivity contribution in [3.8, 4) is 0 Å². The van der Waals surface area contributed by atoms with Crippen molar-refractivity contribution in [3.05, 3.63) is 102 Å². The molecule has 0 spiro atoms. The maximum Gasteiger partial charge on any atom is 0.241 e. The van der Waals surface area contributed by atoms with E-state index in [9.17, 15) is 13.2 Å².